The number of hydrogen-bond acceptors (Lipinski definition) is 5. The van der Waals surface area contributed by atoms with Crippen molar-refractivity contribution in [3.8, 4) is 11.5 Å². The van der Waals surface area contributed by atoms with Crippen molar-refractivity contribution in [1.82, 2.24) is 20.5 Å². The molecule has 7 heteroatoms. The zero-order chi connectivity index (χ0) is 23.5. The first-order chi connectivity index (χ1) is 17.1. The molecular weight excluding hydrogens is 440 g/mol. The summed E-state index contributed by atoms with van der Waals surface area (Å²) in [4.78, 5) is 16.6. The van der Waals surface area contributed by atoms with Gasteiger partial charge in [0.1, 0.15) is 23.7 Å². The molecule has 3 saturated carbocycles. The summed E-state index contributed by atoms with van der Waals surface area (Å²) in [5.74, 6) is 3.19. The van der Waals surface area contributed by atoms with Crippen LogP contribution in [0.3, 0.4) is 0 Å². The molecule has 0 bridgehead atoms. The van der Waals surface area contributed by atoms with Crippen molar-refractivity contribution in [3.05, 3.63) is 72.3 Å². The molecule has 3 aromatic rings. The number of H-pyrrole nitrogens is 1. The van der Waals surface area contributed by atoms with Gasteiger partial charge in [-0.1, -0.05) is 30.3 Å². The Bertz CT molecular complexity index is 1260. The van der Waals surface area contributed by atoms with Crippen molar-refractivity contribution < 1.29 is 17.1 Å². The van der Waals surface area contributed by atoms with E-state index in [1.807, 2.05) is 36.4 Å². The molecule has 0 radical (unpaired) electrons. The molecule has 7 rings (SSSR count). The van der Waals surface area contributed by atoms with Crippen molar-refractivity contribution in [1.29, 1.82) is 0 Å². The number of rotatable bonds is 9. The number of carbonyl (C=O) groups excluding carboxylic acids is 1. The highest BCUT2D eigenvalue weighted by Gasteiger charge is 2.84. The Hall–Kier alpha value is -3.19. The lowest BCUT2D eigenvalue weighted by Gasteiger charge is -2.48. The van der Waals surface area contributed by atoms with Crippen LogP contribution in [0.4, 0.5) is 0 Å². The van der Waals surface area contributed by atoms with Crippen LogP contribution in [0.2, 0.25) is 0 Å². The summed E-state index contributed by atoms with van der Waals surface area (Å²) in [6.07, 6.45) is 8.30. The van der Waals surface area contributed by atoms with Gasteiger partial charge in [0.25, 0.3) is 0 Å². The van der Waals surface area contributed by atoms with E-state index in [9.17, 15) is 4.79 Å². The third-order valence-electron chi connectivity index (χ3n) is 9.23. The second-order valence-electron chi connectivity index (χ2n) is 10.9. The number of amides is 1. The summed E-state index contributed by atoms with van der Waals surface area (Å²) in [7, 11) is 0. The van der Waals surface area contributed by atoms with E-state index in [1.165, 1.54) is 24.7 Å². The SMILES string of the molecule is O=C(NCc1ncn[nH]1)[C@@H]1C[C@H]1CCC12COC3(c4cccc(Oc5ccccc5)c4)CCC13C2.[HH].[HH]. The van der Waals surface area contributed by atoms with Crippen LogP contribution in [0.5, 0.6) is 11.5 Å². The quantitative estimate of drug-likeness (QED) is 0.444. The van der Waals surface area contributed by atoms with E-state index in [4.69, 9.17) is 9.47 Å². The summed E-state index contributed by atoms with van der Waals surface area (Å²) in [6.45, 7) is 1.25. The third-order valence-corrected chi connectivity index (χ3v) is 9.23. The summed E-state index contributed by atoms with van der Waals surface area (Å²) < 4.78 is 12.8. The number of aromatic amines is 1. The van der Waals surface area contributed by atoms with Crippen LogP contribution in [-0.4, -0.2) is 27.7 Å². The standard InChI is InChI=1S/C28H30N4O3.2H2/c33-25(29-15-24-30-18-31-32-24)23-13-19(23)9-10-26-16-27(26)11-12-28(27,34-17-26)20-5-4-8-22(14-20)35-21-6-2-1-3-7-21;;/h1-8,14,18-19,23H,9-13,15-17H2,(H,29,33)(H,30,31,32);2*1H/t19-,23-,26?,27?,28?;;/m1../s1. The summed E-state index contributed by atoms with van der Waals surface area (Å²) in [5.41, 5.74) is 1.64. The van der Waals surface area contributed by atoms with E-state index in [1.54, 1.807) is 0 Å². The molecule has 5 atom stereocenters. The minimum Gasteiger partial charge on any atom is -0.457 e. The second-order valence-corrected chi connectivity index (χ2v) is 10.9. The predicted octanol–water partition coefficient (Wildman–Crippen LogP) is 5.22. The van der Waals surface area contributed by atoms with Crippen molar-refractivity contribution in [3.63, 3.8) is 0 Å². The minimum absolute atomic E-state index is 0. The Morgan fingerprint density at radius 2 is 2.06 bits per heavy atom. The highest BCUT2D eigenvalue weighted by atomic mass is 16.5. The van der Waals surface area contributed by atoms with E-state index in [0.717, 1.165) is 43.8 Å². The highest BCUT2D eigenvalue weighted by Crippen LogP contribution is 2.87. The highest BCUT2D eigenvalue weighted by molar-refractivity contribution is 5.81. The molecule has 4 fully saturated rings. The van der Waals surface area contributed by atoms with E-state index in [2.05, 4.69) is 38.7 Å². The average Bonchev–Trinajstić information content (AvgIpc) is 3.71. The topological polar surface area (TPSA) is 89.1 Å². The number of benzene rings is 2. The van der Waals surface area contributed by atoms with Crippen LogP contribution in [-0.2, 0) is 21.7 Å². The maximum Gasteiger partial charge on any atom is 0.223 e. The number of nitrogens with one attached hydrogen (secondary N) is 2. The fourth-order valence-electron chi connectivity index (χ4n) is 7.08. The number of carbonyl (C=O) groups is 1. The summed E-state index contributed by atoms with van der Waals surface area (Å²) in [6, 6.07) is 18.4. The Labute approximate surface area is 207 Å². The maximum absolute atomic E-state index is 12.5. The average molecular weight is 475 g/mol. The van der Waals surface area contributed by atoms with E-state index in [-0.39, 0.29) is 31.1 Å². The first-order valence-corrected chi connectivity index (χ1v) is 12.7. The zero-order valence-corrected chi connectivity index (χ0v) is 19.7. The zero-order valence-electron chi connectivity index (χ0n) is 19.7. The van der Waals surface area contributed by atoms with E-state index >= 15 is 0 Å². The smallest absolute Gasteiger partial charge is 0.223 e. The Morgan fingerprint density at radius 1 is 1.17 bits per heavy atom. The van der Waals surface area contributed by atoms with Gasteiger partial charge >= 0.3 is 0 Å². The predicted molar refractivity (Wildman–Crippen MR) is 133 cm³/mol. The van der Waals surface area contributed by atoms with Crippen molar-refractivity contribution >= 4 is 5.91 Å². The van der Waals surface area contributed by atoms with Crippen LogP contribution in [0.1, 0.15) is 52.8 Å². The molecule has 2 aromatic carbocycles. The normalized spacial score (nSPS) is 33.8. The van der Waals surface area contributed by atoms with Gasteiger partial charge in [0.2, 0.25) is 5.91 Å². The van der Waals surface area contributed by atoms with Crippen LogP contribution in [0, 0.1) is 22.7 Å². The van der Waals surface area contributed by atoms with Gasteiger partial charge < -0.3 is 14.8 Å². The van der Waals surface area contributed by atoms with Crippen molar-refractivity contribution in [2.24, 2.45) is 22.7 Å². The molecule has 2 heterocycles. The summed E-state index contributed by atoms with van der Waals surface area (Å²) >= 11 is 0. The lowest BCUT2D eigenvalue weighted by molar-refractivity contribution is -0.125. The van der Waals surface area contributed by atoms with Crippen LogP contribution in [0.15, 0.2) is 60.9 Å². The molecule has 184 valence electrons. The largest absolute Gasteiger partial charge is 0.457 e. The lowest BCUT2D eigenvalue weighted by Crippen LogP contribution is -2.46. The summed E-state index contributed by atoms with van der Waals surface area (Å²) in [5, 5.41) is 9.60. The Kier molecular flexibility index (Phi) is 4.62. The molecule has 1 amide bonds. The third kappa shape index (κ3) is 3.24. The Balaban J connectivity index is 0.00000140. The maximum atomic E-state index is 12.5. The molecule has 1 saturated heterocycles. The van der Waals surface area contributed by atoms with Gasteiger partial charge in [-0.2, -0.15) is 5.10 Å². The van der Waals surface area contributed by atoms with Crippen LogP contribution >= 0.6 is 0 Å². The molecule has 4 aliphatic rings. The molecule has 3 aliphatic carbocycles. The monoisotopic (exact) mass is 474 g/mol. The minimum atomic E-state index is -0.166. The number of hydrogen-bond donors (Lipinski definition) is 2. The van der Waals surface area contributed by atoms with Gasteiger partial charge in [-0.05, 0) is 74.3 Å². The van der Waals surface area contributed by atoms with Gasteiger partial charge in [-0.15, -0.1) is 0 Å². The van der Waals surface area contributed by atoms with Crippen LogP contribution < -0.4 is 10.1 Å². The van der Waals surface area contributed by atoms with E-state index in [0.29, 0.717) is 18.3 Å². The molecule has 7 nitrogen and oxygen atoms in total. The number of aromatic nitrogens is 3. The lowest BCUT2D eigenvalue weighted by atomic mass is 9.60. The Morgan fingerprint density at radius 3 is 2.86 bits per heavy atom. The number of nitrogens with zero attached hydrogens (tertiary/aromatic N) is 2. The number of ether oxygens (including phenoxy) is 2. The van der Waals surface area contributed by atoms with Crippen molar-refractivity contribution in [2.45, 2.75) is 50.7 Å². The van der Waals surface area contributed by atoms with E-state index < -0.39 is 0 Å². The molecule has 1 aromatic heterocycles. The first kappa shape index (κ1) is 21.1. The first-order valence-electron chi connectivity index (χ1n) is 12.7. The van der Waals surface area contributed by atoms with Gasteiger partial charge in [-0.25, -0.2) is 4.98 Å². The van der Waals surface area contributed by atoms with Crippen molar-refractivity contribution in [2.75, 3.05) is 6.61 Å². The fraction of sp³-hybridized carbons (Fsp3) is 0.464. The molecule has 1 aliphatic heterocycles. The molecule has 1 spiro atoms. The molecule has 35 heavy (non-hydrogen) atoms. The fourth-order valence-corrected chi connectivity index (χ4v) is 7.08. The van der Waals surface area contributed by atoms with Gasteiger partial charge in [-0.3, -0.25) is 9.89 Å². The van der Waals surface area contributed by atoms with Gasteiger partial charge in [0, 0.05) is 19.6 Å². The molecular formula is C28H34N4O3. The number of para-hydroxylation sites is 1. The second kappa shape index (κ2) is 7.65. The van der Waals surface area contributed by atoms with Gasteiger partial charge in [0.05, 0.1) is 18.8 Å². The van der Waals surface area contributed by atoms with Gasteiger partial charge in [0.15, 0.2) is 0 Å². The van der Waals surface area contributed by atoms with Crippen LogP contribution in [0.25, 0.3) is 0 Å². The molecule has 3 unspecified atom stereocenters. The molecule has 2 N–H and O–H groups in total.